The van der Waals surface area contributed by atoms with Crippen LogP contribution < -0.4 is 5.73 Å². The Morgan fingerprint density at radius 3 is 2.81 bits per heavy atom. The average Bonchev–Trinajstić information content (AvgIpc) is 2.78. The molecule has 0 aliphatic heterocycles. The number of fused-ring (bicyclic) bond motifs is 1. The van der Waals surface area contributed by atoms with Crippen molar-refractivity contribution in [1.29, 1.82) is 0 Å². The van der Waals surface area contributed by atoms with E-state index >= 15 is 0 Å². The van der Waals surface area contributed by atoms with Crippen LogP contribution in [0.15, 0.2) is 22.7 Å². The van der Waals surface area contributed by atoms with E-state index in [0.717, 1.165) is 14.6 Å². The number of halogens is 1. The Balaban J connectivity index is 2.43. The maximum absolute atomic E-state index is 12.8. The van der Waals surface area contributed by atoms with Gasteiger partial charge in [-0.1, -0.05) is 22.0 Å². The lowest BCUT2D eigenvalue weighted by Gasteiger charge is -2.27. The molecule has 0 saturated heterocycles. The van der Waals surface area contributed by atoms with E-state index < -0.39 is 0 Å². The summed E-state index contributed by atoms with van der Waals surface area (Å²) in [7, 11) is 1.64. The number of methoxy groups -OCH3 is 1. The molecule has 114 valence electrons. The number of hydrogen-bond acceptors (Lipinski definition) is 4. The SMILES string of the molecule is CCN(C(=O)c1sc2cccc(Br)c2c1N)C(C)COC. The number of thiophene rings is 1. The van der Waals surface area contributed by atoms with Crippen molar-refractivity contribution in [2.45, 2.75) is 19.9 Å². The molecule has 0 bridgehead atoms. The second-order valence-corrected chi connectivity index (χ2v) is 6.76. The summed E-state index contributed by atoms with van der Waals surface area (Å²) in [6.45, 7) is 5.07. The van der Waals surface area contributed by atoms with Gasteiger partial charge in [-0.15, -0.1) is 11.3 Å². The second-order valence-electron chi connectivity index (χ2n) is 4.85. The summed E-state index contributed by atoms with van der Waals surface area (Å²) < 4.78 is 7.08. The van der Waals surface area contributed by atoms with E-state index in [1.807, 2.05) is 32.0 Å². The van der Waals surface area contributed by atoms with Gasteiger partial charge in [-0.2, -0.15) is 0 Å². The quantitative estimate of drug-likeness (QED) is 0.871. The Bertz CT molecular complexity index is 656. The van der Waals surface area contributed by atoms with Crippen LogP contribution >= 0.6 is 27.3 Å². The van der Waals surface area contributed by atoms with E-state index in [4.69, 9.17) is 10.5 Å². The number of amides is 1. The zero-order valence-corrected chi connectivity index (χ0v) is 14.8. The maximum atomic E-state index is 12.8. The molecular weight excluding hydrogens is 352 g/mol. The molecule has 0 spiro atoms. The highest BCUT2D eigenvalue weighted by Crippen LogP contribution is 2.38. The monoisotopic (exact) mass is 370 g/mol. The first-order valence-corrected chi connectivity index (χ1v) is 8.38. The van der Waals surface area contributed by atoms with Gasteiger partial charge in [0.1, 0.15) is 4.88 Å². The third-order valence-electron chi connectivity index (χ3n) is 3.44. The number of hydrogen-bond donors (Lipinski definition) is 1. The summed E-state index contributed by atoms with van der Waals surface area (Å²) in [5, 5.41) is 0.918. The molecule has 1 amide bonds. The van der Waals surface area contributed by atoms with Crippen molar-refractivity contribution in [2.24, 2.45) is 0 Å². The Morgan fingerprint density at radius 2 is 2.24 bits per heavy atom. The number of carbonyl (C=O) groups is 1. The first kappa shape index (κ1) is 16.3. The number of anilines is 1. The zero-order valence-electron chi connectivity index (χ0n) is 12.4. The van der Waals surface area contributed by atoms with Crippen LogP contribution in [0.1, 0.15) is 23.5 Å². The summed E-state index contributed by atoms with van der Waals surface area (Å²) in [5.74, 6) is -0.0346. The number of nitrogens with two attached hydrogens (primary N) is 1. The molecule has 1 unspecified atom stereocenters. The van der Waals surface area contributed by atoms with Crippen LogP contribution in [-0.4, -0.2) is 37.1 Å². The molecule has 0 fully saturated rings. The number of benzene rings is 1. The molecule has 4 nitrogen and oxygen atoms in total. The van der Waals surface area contributed by atoms with Crippen LogP contribution in [-0.2, 0) is 4.74 Å². The number of nitrogens with zero attached hydrogens (tertiary/aromatic N) is 1. The van der Waals surface area contributed by atoms with Crippen LogP contribution in [0.25, 0.3) is 10.1 Å². The predicted octanol–water partition coefficient (Wildman–Crippen LogP) is 3.74. The van der Waals surface area contributed by atoms with Gasteiger partial charge in [-0.05, 0) is 26.0 Å². The lowest BCUT2D eigenvalue weighted by Crippen LogP contribution is -2.40. The van der Waals surface area contributed by atoms with Gasteiger partial charge in [0, 0.05) is 28.2 Å². The van der Waals surface area contributed by atoms with Gasteiger partial charge in [0.05, 0.1) is 18.3 Å². The van der Waals surface area contributed by atoms with Crippen molar-refractivity contribution in [1.82, 2.24) is 4.90 Å². The van der Waals surface area contributed by atoms with Gasteiger partial charge in [0.2, 0.25) is 0 Å². The van der Waals surface area contributed by atoms with E-state index in [0.29, 0.717) is 23.7 Å². The first-order chi connectivity index (χ1) is 10.0. The van der Waals surface area contributed by atoms with Crippen molar-refractivity contribution < 1.29 is 9.53 Å². The normalized spacial score (nSPS) is 12.6. The van der Waals surface area contributed by atoms with E-state index in [1.54, 1.807) is 12.0 Å². The van der Waals surface area contributed by atoms with Gasteiger partial charge in [0.15, 0.2) is 0 Å². The number of rotatable bonds is 5. The zero-order chi connectivity index (χ0) is 15.6. The fourth-order valence-electron chi connectivity index (χ4n) is 2.41. The number of ether oxygens (including phenoxy) is 1. The minimum Gasteiger partial charge on any atom is -0.397 e. The molecule has 2 rings (SSSR count). The van der Waals surface area contributed by atoms with Gasteiger partial charge >= 0.3 is 0 Å². The average molecular weight is 371 g/mol. The molecule has 0 aliphatic rings. The van der Waals surface area contributed by atoms with Crippen molar-refractivity contribution in [3.05, 3.63) is 27.5 Å². The molecule has 0 radical (unpaired) electrons. The van der Waals surface area contributed by atoms with E-state index in [1.165, 1.54) is 11.3 Å². The standard InChI is InChI=1S/C15H19BrN2O2S/c1-4-18(9(2)8-20-3)15(19)14-13(17)12-10(16)6-5-7-11(12)21-14/h5-7,9H,4,8,17H2,1-3H3. The summed E-state index contributed by atoms with van der Waals surface area (Å²) in [6.07, 6.45) is 0. The summed E-state index contributed by atoms with van der Waals surface area (Å²) in [6, 6.07) is 5.87. The van der Waals surface area contributed by atoms with Crippen LogP contribution in [0.5, 0.6) is 0 Å². The Morgan fingerprint density at radius 1 is 1.52 bits per heavy atom. The van der Waals surface area contributed by atoms with Crippen LogP contribution in [0.3, 0.4) is 0 Å². The highest BCUT2D eigenvalue weighted by molar-refractivity contribution is 9.10. The van der Waals surface area contributed by atoms with E-state index in [2.05, 4.69) is 15.9 Å². The third-order valence-corrected chi connectivity index (χ3v) is 5.26. The summed E-state index contributed by atoms with van der Waals surface area (Å²) in [5.41, 5.74) is 6.76. The number of carbonyl (C=O) groups excluding carboxylic acids is 1. The fraction of sp³-hybridized carbons (Fsp3) is 0.400. The molecule has 0 aliphatic carbocycles. The van der Waals surface area contributed by atoms with Crippen LogP contribution in [0, 0.1) is 0 Å². The van der Waals surface area contributed by atoms with Crippen molar-refractivity contribution >= 4 is 48.9 Å². The molecule has 2 N–H and O–H groups in total. The number of likely N-dealkylation sites (N-methyl/N-ethyl adjacent to an activating group) is 1. The molecule has 6 heteroatoms. The first-order valence-electron chi connectivity index (χ1n) is 6.77. The van der Waals surface area contributed by atoms with Crippen LogP contribution in [0.4, 0.5) is 5.69 Å². The van der Waals surface area contributed by atoms with Crippen molar-refractivity contribution in [2.75, 3.05) is 26.0 Å². The summed E-state index contributed by atoms with van der Waals surface area (Å²) >= 11 is 4.94. The molecule has 2 aromatic rings. The van der Waals surface area contributed by atoms with Crippen molar-refractivity contribution in [3.63, 3.8) is 0 Å². The fourth-order valence-corrected chi connectivity index (χ4v) is 4.22. The Hall–Kier alpha value is -1.11. The molecular formula is C15H19BrN2O2S. The van der Waals surface area contributed by atoms with Gasteiger partial charge in [-0.25, -0.2) is 0 Å². The van der Waals surface area contributed by atoms with Gasteiger partial charge in [-0.3, -0.25) is 4.79 Å². The highest BCUT2D eigenvalue weighted by atomic mass is 79.9. The Kier molecular flexibility index (Phi) is 5.24. The summed E-state index contributed by atoms with van der Waals surface area (Å²) in [4.78, 5) is 15.2. The molecule has 1 aromatic carbocycles. The lowest BCUT2D eigenvalue weighted by molar-refractivity contribution is 0.0585. The smallest absolute Gasteiger partial charge is 0.266 e. The topological polar surface area (TPSA) is 55.6 Å². The lowest BCUT2D eigenvalue weighted by atomic mass is 10.2. The van der Waals surface area contributed by atoms with Gasteiger partial charge < -0.3 is 15.4 Å². The molecule has 1 aromatic heterocycles. The van der Waals surface area contributed by atoms with E-state index in [-0.39, 0.29) is 11.9 Å². The predicted molar refractivity (Wildman–Crippen MR) is 92.0 cm³/mol. The minimum atomic E-state index is -0.0346. The number of nitrogen functional groups attached to an aromatic ring is 1. The molecule has 1 atom stereocenters. The maximum Gasteiger partial charge on any atom is 0.266 e. The van der Waals surface area contributed by atoms with Crippen LogP contribution in [0.2, 0.25) is 0 Å². The molecule has 1 heterocycles. The largest absolute Gasteiger partial charge is 0.397 e. The van der Waals surface area contributed by atoms with Gasteiger partial charge in [0.25, 0.3) is 5.91 Å². The third kappa shape index (κ3) is 3.07. The van der Waals surface area contributed by atoms with Crippen molar-refractivity contribution in [3.8, 4) is 0 Å². The second kappa shape index (κ2) is 6.77. The van der Waals surface area contributed by atoms with E-state index in [9.17, 15) is 4.79 Å². The molecule has 0 saturated carbocycles. The Labute approximate surface area is 137 Å². The highest BCUT2D eigenvalue weighted by Gasteiger charge is 2.25. The minimum absolute atomic E-state index is 0.0144. The molecule has 21 heavy (non-hydrogen) atoms.